The van der Waals surface area contributed by atoms with E-state index in [0.29, 0.717) is 26.2 Å². The lowest BCUT2D eigenvalue weighted by Gasteiger charge is -2.29. The highest BCUT2D eigenvalue weighted by atomic mass is 16.5. The third-order valence-corrected chi connectivity index (χ3v) is 3.39. The number of hydrogen-bond donors (Lipinski definition) is 1. The van der Waals surface area contributed by atoms with Crippen LogP contribution in [-0.4, -0.2) is 31.2 Å². The van der Waals surface area contributed by atoms with Crippen molar-refractivity contribution < 1.29 is 9.53 Å². The normalized spacial score (nSPS) is 23.1. The van der Waals surface area contributed by atoms with E-state index in [4.69, 9.17) is 10.5 Å². The number of rotatable bonds is 3. The Labute approximate surface area is 108 Å². The first-order valence-corrected chi connectivity index (χ1v) is 6.32. The first kappa shape index (κ1) is 13.1. The SMILES string of the molecule is CCN(C(=O)C1(N)CCOC1)c1ccc(C)cc1. The van der Waals surface area contributed by atoms with Crippen molar-refractivity contribution in [2.45, 2.75) is 25.8 Å². The van der Waals surface area contributed by atoms with Gasteiger partial charge in [0.1, 0.15) is 5.54 Å². The molecule has 1 fully saturated rings. The maximum atomic E-state index is 12.5. The maximum Gasteiger partial charge on any atom is 0.249 e. The number of likely N-dealkylation sites (N-methyl/N-ethyl adjacent to an activating group) is 1. The van der Waals surface area contributed by atoms with E-state index in [-0.39, 0.29) is 5.91 Å². The number of ether oxygens (including phenoxy) is 1. The highest BCUT2D eigenvalue weighted by Gasteiger charge is 2.41. The minimum Gasteiger partial charge on any atom is -0.379 e. The van der Waals surface area contributed by atoms with Crippen molar-refractivity contribution in [1.82, 2.24) is 0 Å². The quantitative estimate of drug-likeness (QED) is 0.881. The first-order chi connectivity index (χ1) is 8.57. The van der Waals surface area contributed by atoms with Crippen LogP contribution in [0.15, 0.2) is 24.3 Å². The second-order valence-electron chi connectivity index (χ2n) is 4.84. The van der Waals surface area contributed by atoms with Crippen LogP contribution in [0, 0.1) is 6.92 Å². The summed E-state index contributed by atoms with van der Waals surface area (Å²) in [7, 11) is 0. The van der Waals surface area contributed by atoms with Gasteiger partial charge in [0.2, 0.25) is 5.91 Å². The second-order valence-corrected chi connectivity index (χ2v) is 4.84. The molecule has 98 valence electrons. The Morgan fingerprint density at radius 2 is 2.11 bits per heavy atom. The van der Waals surface area contributed by atoms with Gasteiger partial charge < -0.3 is 15.4 Å². The summed E-state index contributed by atoms with van der Waals surface area (Å²) in [6, 6.07) is 7.91. The van der Waals surface area contributed by atoms with Crippen molar-refractivity contribution in [2.24, 2.45) is 5.73 Å². The Morgan fingerprint density at radius 1 is 1.44 bits per heavy atom. The molecule has 2 N–H and O–H groups in total. The van der Waals surface area contributed by atoms with E-state index in [2.05, 4.69) is 0 Å². The highest BCUT2D eigenvalue weighted by molar-refractivity contribution is 6.00. The number of hydrogen-bond acceptors (Lipinski definition) is 3. The smallest absolute Gasteiger partial charge is 0.249 e. The minimum absolute atomic E-state index is 0.0497. The minimum atomic E-state index is -0.860. The number of nitrogens with zero attached hydrogens (tertiary/aromatic N) is 1. The number of aryl methyl sites for hydroxylation is 1. The van der Waals surface area contributed by atoms with Gasteiger partial charge >= 0.3 is 0 Å². The average Bonchev–Trinajstić information content (AvgIpc) is 2.81. The summed E-state index contributed by atoms with van der Waals surface area (Å²) in [4.78, 5) is 14.2. The first-order valence-electron chi connectivity index (χ1n) is 6.32. The number of amides is 1. The van der Waals surface area contributed by atoms with Crippen LogP contribution in [0.25, 0.3) is 0 Å². The van der Waals surface area contributed by atoms with Gasteiger partial charge in [0.15, 0.2) is 0 Å². The molecule has 2 rings (SSSR count). The summed E-state index contributed by atoms with van der Waals surface area (Å²) < 4.78 is 5.26. The van der Waals surface area contributed by atoms with Crippen LogP contribution in [0.5, 0.6) is 0 Å². The molecule has 1 aliphatic rings. The van der Waals surface area contributed by atoms with Gasteiger partial charge in [0, 0.05) is 18.8 Å². The van der Waals surface area contributed by atoms with E-state index in [1.54, 1.807) is 4.90 Å². The fourth-order valence-electron chi connectivity index (χ4n) is 2.19. The van der Waals surface area contributed by atoms with Gasteiger partial charge in [0.25, 0.3) is 0 Å². The van der Waals surface area contributed by atoms with Crippen LogP contribution in [0.2, 0.25) is 0 Å². The molecule has 18 heavy (non-hydrogen) atoms. The van der Waals surface area contributed by atoms with Crippen molar-refractivity contribution >= 4 is 11.6 Å². The van der Waals surface area contributed by atoms with Crippen molar-refractivity contribution in [3.63, 3.8) is 0 Å². The summed E-state index contributed by atoms with van der Waals surface area (Å²) in [6.45, 7) is 5.47. The molecule has 1 atom stereocenters. The summed E-state index contributed by atoms with van der Waals surface area (Å²) in [5.41, 5.74) is 7.34. The number of nitrogens with two attached hydrogens (primary N) is 1. The summed E-state index contributed by atoms with van der Waals surface area (Å²) in [5, 5.41) is 0. The van der Waals surface area contributed by atoms with E-state index in [1.807, 2.05) is 38.1 Å². The van der Waals surface area contributed by atoms with Gasteiger partial charge in [0.05, 0.1) is 6.61 Å². The molecule has 0 spiro atoms. The third-order valence-electron chi connectivity index (χ3n) is 3.39. The number of carbonyl (C=O) groups excluding carboxylic acids is 1. The lowest BCUT2D eigenvalue weighted by Crippen LogP contribution is -2.56. The zero-order chi connectivity index (χ0) is 13.2. The van der Waals surface area contributed by atoms with Crippen molar-refractivity contribution in [3.8, 4) is 0 Å². The molecule has 1 amide bonds. The Balaban J connectivity index is 2.23. The molecule has 1 aromatic rings. The summed E-state index contributed by atoms with van der Waals surface area (Å²) in [6.07, 6.45) is 0.591. The molecule has 1 saturated heterocycles. The molecular weight excluding hydrogens is 228 g/mol. The Kier molecular flexibility index (Phi) is 3.68. The van der Waals surface area contributed by atoms with Gasteiger partial charge in [-0.25, -0.2) is 0 Å². The standard InChI is InChI=1S/C14H20N2O2/c1-3-16(12-6-4-11(2)5-7-12)13(17)14(15)8-9-18-10-14/h4-7H,3,8-10,15H2,1-2H3. The van der Waals surface area contributed by atoms with E-state index >= 15 is 0 Å². The predicted molar refractivity (Wildman–Crippen MR) is 71.6 cm³/mol. The molecule has 1 heterocycles. The van der Waals surface area contributed by atoms with Crippen molar-refractivity contribution in [2.75, 3.05) is 24.7 Å². The molecule has 4 nitrogen and oxygen atoms in total. The van der Waals surface area contributed by atoms with E-state index in [1.165, 1.54) is 5.56 Å². The molecule has 0 saturated carbocycles. The summed E-state index contributed by atoms with van der Waals surface area (Å²) >= 11 is 0. The van der Waals surface area contributed by atoms with Crippen LogP contribution in [0.3, 0.4) is 0 Å². The van der Waals surface area contributed by atoms with Gasteiger partial charge in [-0.1, -0.05) is 17.7 Å². The molecule has 1 aromatic carbocycles. The molecule has 1 unspecified atom stereocenters. The van der Waals surface area contributed by atoms with Crippen LogP contribution >= 0.6 is 0 Å². The van der Waals surface area contributed by atoms with Crippen LogP contribution in [0.4, 0.5) is 5.69 Å². The highest BCUT2D eigenvalue weighted by Crippen LogP contribution is 2.23. The van der Waals surface area contributed by atoms with E-state index < -0.39 is 5.54 Å². The van der Waals surface area contributed by atoms with Gasteiger partial charge in [-0.05, 0) is 32.4 Å². The fourth-order valence-corrected chi connectivity index (χ4v) is 2.19. The Hall–Kier alpha value is -1.39. The molecule has 0 radical (unpaired) electrons. The van der Waals surface area contributed by atoms with E-state index in [9.17, 15) is 4.79 Å². The molecule has 1 aliphatic heterocycles. The fraction of sp³-hybridized carbons (Fsp3) is 0.500. The average molecular weight is 248 g/mol. The molecule has 0 bridgehead atoms. The predicted octanol–water partition coefficient (Wildman–Crippen LogP) is 1.47. The van der Waals surface area contributed by atoms with Crippen LogP contribution in [0.1, 0.15) is 18.9 Å². The molecular formula is C14H20N2O2. The van der Waals surface area contributed by atoms with E-state index in [0.717, 1.165) is 5.69 Å². The van der Waals surface area contributed by atoms with Crippen LogP contribution < -0.4 is 10.6 Å². The number of benzene rings is 1. The molecule has 0 aromatic heterocycles. The summed E-state index contributed by atoms with van der Waals surface area (Å²) in [5.74, 6) is -0.0497. The number of carbonyl (C=O) groups is 1. The van der Waals surface area contributed by atoms with Crippen LogP contribution in [-0.2, 0) is 9.53 Å². The maximum absolute atomic E-state index is 12.5. The van der Waals surface area contributed by atoms with Gasteiger partial charge in [-0.3, -0.25) is 4.79 Å². The topological polar surface area (TPSA) is 55.6 Å². The van der Waals surface area contributed by atoms with Crippen molar-refractivity contribution in [1.29, 1.82) is 0 Å². The van der Waals surface area contributed by atoms with Gasteiger partial charge in [-0.15, -0.1) is 0 Å². The van der Waals surface area contributed by atoms with Gasteiger partial charge in [-0.2, -0.15) is 0 Å². The zero-order valence-electron chi connectivity index (χ0n) is 11.0. The molecule has 4 heteroatoms. The Morgan fingerprint density at radius 3 is 2.61 bits per heavy atom. The second kappa shape index (κ2) is 5.08. The Bertz CT molecular complexity index is 422. The molecule has 0 aliphatic carbocycles. The monoisotopic (exact) mass is 248 g/mol. The lowest BCUT2D eigenvalue weighted by molar-refractivity contribution is -0.123. The third kappa shape index (κ3) is 2.40. The largest absolute Gasteiger partial charge is 0.379 e. The van der Waals surface area contributed by atoms with Crippen molar-refractivity contribution in [3.05, 3.63) is 29.8 Å². The number of anilines is 1. The zero-order valence-corrected chi connectivity index (χ0v) is 11.0. The lowest BCUT2D eigenvalue weighted by atomic mass is 9.98.